The van der Waals surface area contributed by atoms with Gasteiger partial charge in [0.2, 0.25) is 5.91 Å². The van der Waals surface area contributed by atoms with Crippen LogP contribution in [0.15, 0.2) is 55.1 Å². The molecule has 8 nitrogen and oxygen atoms in total. The Labute approximate surface area is 204 Å². The highest BCUT2D eigenvalue weighted by molar-refractivity contribution is 5.81. The maximum absolute atomic E-state index is 12.4. The van der Waals surface area contributed by atoms with E-state index in [2.05, 4.69) is 54.9 Å². The lowest BCUT2D eigenvalue weighted by Gasteiger charge is -2.38. The quantitative estimate of drug-likeness (QED) is 0.466. The van der Waals surface area contributed by atoms with Crippen molar-refractivity contribution in [3.63, 3.8) is 0 Å². The third-order valence-corrected chi connectivity index (χ3v) is 7.18. The Morgan fingerprint density at radius 1 is 1.06 bits per heavy atom. The third kappa shape index (κ3) is 4.66. The number of H-pyrrole nitrogens is 1. The van der Waals surface area contributed by atoms with Gasteiger partial charge in [-0.25, -0.2) is 15.0 Å². The number of nitrogens with zero attached hydrogens (tertiary/aromatic N) is 6. The molecule has 3 aromatic heterocycles. The zero-order valence-electron chi connectivity index (χ0n) is 19.9. The second kappa shape index (κ2) is 9.19. The lowest BCUT2D eigenvalue weighted by molar-refractivity contribution is -0.134. The fourth-order valence-electron chi connectivity index (χ4n) is 4.92. The maximum Gasteiger partial charge on any atom is 0.225 e. The van der Waals surface area contributed by atoms with E-state index in [-0.39, 0.29) is 6.04 Å². The topological polar surface area (TPSA) is 90.9 Å². The molecule has 1 unspecified atom stereocenters. The molecule has 1 saturated carbocycles. The number of aromatic nitrogens is 5. The lowest BCUT2D eigenvalue weighted by Crippen LogP contribution is -2.49. The fraction of sp³-hybridized carbons (Fsp3) is 0.370. The van der Waals surface area contributed by atoms with Crippen LogP contribution in [0.5, 0.6) is 0 Å². The number of carbonyl (C=O) groups is 1. The Morgan fingerprint density at radius 3 is 2.69 bits per heavy atom. The van der Waals surface area contributed by atoms with Crippen LogP contribution in [0.25, 0.3) is 22.3 Å². The number of rotatable bonds is 6. The van der Waals surface area contributed by atoms with Crippen molar-refractivity contribution in [1.29, 1.82) is 0 Å². The number of nitrogens with one attached hydrogen (secondary N) is 1. The van der Waals surface area contributed by atoms with E-state index in [1.54, 1.807) is 12.5 Å². The normalized spacial score (nSPS) is 17.6. The number of imidazole rings is 1. The van der Waals surface area contributed by atoms with Gasteiger partial charge in [-0.1, -0.05) is 6.07 Å². The van der Waals surface area contributed by atoms with Crippen LogP contribution in [-0.2, 0) is 11.2 Å². The summed E-state index contributed by atoms with van der Waals surface area (Å²) >= 11 is 0. The third-order valence-electron chi connectivity index (χ3n) is 7.18. The number of piperazine rings is 1. The molecule has 0 bridgehead atoms. The summed E-state index contributed by atoms with van der Waals surface area (Å²) in [4.78, 5) is 38.1. The molecule has 1 aliphatic heterocycles. The van der Waals surface area contributed by atoms with E-state index in [1.807, 2.05) is 24.4 Å². The molecule has 1 aliphatic carbocycles. The first-order valence-corrected chi connectivity index (χ1v) is 12.4. The molecule has 4 aromatic rings. The van der Waals surface area contributed by atoms with Crippen LogP contribution in [0, 0.1) is 5.92 Å². The lowest BCUT2D eigenvalue weighted by atomic mass is 10.1. The number of carbonyl (C=O) groups excluding carboxylic acids is 1. The van der Waals surface area contributed by atoms with E-state index >= 15 is 0 Å². The number of pyridine rings is 1. The van der Waals surface area contributed by atoms with Crippen LogP contribution in [0.1, 0.15) is 42.9 Å². The molecule has 1 saturated heterocycles. The molecule has 0 spiro atoms. The van der Waals surface area contributed by atoms with Gasteiger partial charge in [-0.2, -0.15) is 0 Å². The van der Waals surface area contributed by atoms with E-state index in [0.29, 0.717) is 18.2 Å². The van der Waals surface area contributed by atoms with E-state index in [4.69, 9.17) is 4.98 Å². The van der Waals surface area contributed by atoms with Gasteiger partial charge in [-0.3, -0.25) is 14.7 Å². The molecular weight excluding hydrogens is 438 g/mol. The van der Waals surface area contributed by atoms with Gasteiger partial charge in [0.05, 0.1) is 16.7 Å². The molecule has 2 aliphatic rings. The zero-order chi connectivity index (χ0) is 23.8. The summed E-state index contributed by atoms with van der Waals surface area (Å²) in [7, 11) is 0. The minimum Gasteiger partial charge on any atom is -0.342 e. The van der Waals surface area contributed by atoms with Crippen molar-refractivity contribution in [3.8, 4) is 11.3 Å². The summed E-state index contributed by atoms with van der Waals surface area (Å²) in [5, 5.41) is 0. The Hall–Kier alpha value is -3.65. The Kier molecular flexibility index (Phi) is 5.74. The molecule has 0 radical (unpaired) electrons. The highest BCUT2D eigenvalue weighted by Gasteiger charge is 2.35. The molecule has 2 fully saturated rings. The Morgan fingerprint density at radius 2 is 1.91 bits per heavy atom. The number of hydrogen-bond acceptors (Lipinski definition) is 6. The highest BCUT2D eigenvalue weighted by Crippen LogP contribution is 2.32. The number of hydrogen-bond donors (Lipinski definition) is 1. The first-order valence-electron chi connectivity index (χ1n) is 12.4. The number of fused-ring (bicyclic) bond motifs is 1. The molecular formula is C27H29N7O. The first kappa shape index (κ1) is 21.9. The van der Waals surface area contributed by atoms with Crippen LogP contribution in [0.3, 0.4) is 0 Å². The van der Waals surface area contributed by atoms with Gasteiger partial charge in [0, 0.05) is 68.2 Å². The smallest absolute Gasteiger partial charge is 0.225 e. The van der Waals surface area contributed by atoms with E-state index in [9.17, 15) is 4.79 Å². The summed E-state index contributed by atoms with van der Waals surface area (Å²) in [6.45, 7) is 5.72. The Balaban J connectivity index is 1.14. The van der Waals surface area contributed by atoms with E-state index in [1.165, 1.54) is 5.56 Å². The first-order chi connectivity index (χ1) is 17.1. The average Bonchev–Trinajstić information content (AvgIpc) is 3.68. The molecule has 1 atom stereocenters. The second-order valence-electron chi connectivity index (χ2n) is 9.58. The predicted molar refractivity (Wildman–Crippen MR) is 133 cm³/mol. The molecule has 6 rings (SSSR count). The predicted octanol–water partition coefficient (Wildman–Crippen LogP) is 3.62. The standard InChI is InChI=1S/C27H29N7O/c1-18(33-10-12-34(13-11-33)27(35)19-2-3-19)20-6-9-29-22(14-20)16-26-31-24-5-4-21(15-25(24)32-26)23-7-8-28-17-30-23/h4-9,14-15,17-19H,2-3,10-13,16H2,1H3,(H,31,32). The van der Waals surface area contributed by atoms with Crippen LogP contribution in [0.2, 0.25) is 0 Å². The van der Waals surface area contributed by atoms with Gasteiger partial charge in [-0.05, 0) is 55.7 Å². The van der Waals surface area contributed by atoms with Crippen LogP contribution >= 0.6 is 0 Å². The summed E-state index contributed by atoms with van der Waals surface area (Å²) in [6, 6.07) is 12.6. The van der Waals surface area contributed by atoms with Crippen molar-refractivity contribution in [3.05, 3.63) is 72.2 Å². The summed E-state index contributed by atoms with van der Waals surface area (Å²) < 4.78 is 0. The van der Waals surface area contributed by atoms with E-state index in [0.717, 1.165) is 72.8 Å². The van der Waals surface area contributed by atoms with Crippen LogP contribution < -0.4 is 0 Å². The van der Waals surface area contributed by atoms with Crippen molar-refractivity contribution < 1.29 is 4.79 Å². The van der Waals surface area contributed by atoms with Crippen molar-refractivity contribution in [2.75, 3.05) is 26.2 Å². The van der Waals surface area contributed by atoms with Crippen molar-refractivity contribution in [1.82, 2.24) is 34.7 Å². The van der Waals surface area contributed by atoms with Crippen molar-refractivity contribution >= 4 is 16.9 Å². The largest absolute Gasteiger partial charge is 0.342 e. The second-order valence-corrected chi connectivity index (χ2v) is 9.58. The van der Waals surface area contributed by atoms with Gasteiger partial charge in [0.15, 0.2) is 0 Å². The monoisotopic (exact) mass is 467 g/mol. The average molecular weight is 468 g/mol. The van der Waals surface area contributed by atoms with Gasteiger partial charge >= 0.3 is 0 Å². The SMILES string of the molecule is CC(c1ccnc(Cc2nc3ccc(-c4ccncn4)cc3[nH]2)c1)N1CCN(C(=O)C2CC2)CC1. The minimum atomic E-state index is 0.279. The number of amides is 1. The van der Waals surface area contributed by atoms with Crippen molar-refractivity contribution in [2.45, 2.75) is 32.2 Å². The van der Waals surface area contributed by atoms with Gasteiger partial charge < -0.3 is 9.88 Å². The summed E-state index contributed by atoms with van der Waals surface area (Å²) in [6.07, 6.45) is 7.99. The zero-order valence-corrected chi connectivity index (χ0v) is 19.9. The highest BCUT2D eigenvalue weighted by atomic mass is 16.2. The van der Waals surface area contributed by atoms with Crippen LogP contribution in [0.4, 0.5) is 0 Å². The van der Waals surface area contributed by atoms with Gasteiger partial charge in [0.1, 0.15) is 12.2 Å². The van der Waals surface area contributed by atoms with E-state index < -0.39 is 0 Å². The van der Waals surface area contributed by atoms with Crippen molar-refractivity contribution in [2.24, 2.45) is 5.92 Å². The maximum atomic E-state index is 12.4. The number of benzene rings is 1. The Bertz CT molecular complexity index is 1340. The molecule has 4 heterocycles. The molecule has 1 N–H and O–H groups in total. The molecule has 35 heavy (non-hydrogen) atoms. The molecule has 1 amide bonds. The molecule has 1 aromatic carbocycles. The minimum absolute atomic E-state index is 0.279. The number of aromatic amines is 1. The summed E-state index contributed by atoms with van der Waals surface area (Å²) in [5.74, 6) is 1.56. The summed E-state index contributed by atoms with van der Waals surface area (Å²) in [5.41, 5.74) is 6.08. The van der Waals surface area contributed by atoms with Gasteiger partial charge in [-0.15, -0.1) is 0 Å². The van der Waals surface area contributed by atoms with Crippen LogP contribution in [-0.4, -0.2) is 66.8 Å². The fourth-order valence-corrected chi connectivity index (χ4v) is 4.92. The molecule has 178 valence electrons. The molecule has 8 heteroatoms. The van der Waals surface area contributed by atoms with Gasteiger partial charge in [0.25, 0.3) is 0 Å².